The van der Waals surface area contributed by atoms with Crippen LogP contribution in [-0.4, -0.2) is 8.07 Å². The Morgan fingerprint density at radius 2 is 1.17 bits per heavy atom. The van der Waals surface area contributed by atoms with Gasteiger partial charge in [0.15, 0.2) is 0 Å². The van der Waals surface area contributed by atoms with Crippen molar-refractivity contribution < 1.29 is 4.39 Å². The van der Waals surface area contributed by atoms with Crippen LogP contribution in [0.1, 0.15) is 5.56 Å². The van der Waals surface area contributed by atoms with Gasteiger partial charge in [-0.3, -0.25) is 0 Å². The van der Waals surface area contributed by atoms with Crippen molar-refractivity contribution in [2.75, 3.05) is 4.90 Å². The predicted octanol–water partition coefficient (Wildman–Crippen LogP) is 10.9. The summed E-state index contributed by atoms with van der Waals surface area (Å²) in [4.78, 5) is 2.13. The van der Waals surface area contributed by atoms with Crippen LogP contribution in [0.25, 0.3) is 44.2 Å². The second-order valence-corrected chi connectivity index (χ2v) is 17.1. The number of nitrogens with zero attached hydrogens (tertiary/aromatic N) is 1. The molecule has 1 nitrogen and oxygen atoms in total. The first kappa shape index (κ1) is 28.2. The molecule has 0 radical (unpaired) electrons. The van der Waals surface area contributed by atoms with Crippen molar-refractivity contribution in [3.8, 4) is 33.4 Å². The number of hydrogen-bond donors (Lipinski definition) is 0. The highest BCUT2D eigenvalue weighted by Crippen LogP contribution is 2.48. The number of halogens is 1. The van der Waals surface area contributed by atoms with Crippen molar-refractivity contribution in [3.63, 3.8) is 0 Å². The van der Waals surface area contributed by atoms with E-state index in [1.54, 1.807) is 6.07 Å². The molecule has 8 rings (SSSR count). The lowest BCUT2D eigenvalue weighted by Gasteiger charge is -2.36. The first-order valence-corrected chi connectivity index (χ1v) is 18.9. The molecule has 46 heavy (non-hydrogen) atoms. The summed E-state index contributed by atoms with van der Waals surface area (Å²) in [5, 5.41) is 5.33. The fraction of sp³-hybridized carbons (Fsp3) is 0.0698. The molecule has 7 aromatic carbocycles. The molecule has 1 aliphatic heterocycles. The lowest BCUT2D eigenvalue weighted by Crippen LogP contribution is -2.55. The Labute approximate surface area is 271 Å². The zero-order valence-corrected chi connectivity index (χ0v) is 27.3. The number of rotatable bonds is 5. The van der Waals surface area contributed by atoms with E-state index in [0.29, 0.717) is 5.69 Å². The average molecular weight is 612 g/mol. The van der Waals surface area contributed by atoms with Crippen molar-refractivity contribution >= 4 is 46.3 Å². The van der Waals surface area contributed by atoms with Crippen LogP contribution in [0.2, 0.25) is 13.1 Å². The minimum absolute atomic E-state index is 0.264. The highest BCUT2D eigenvalue weighted by molar-refractivity contribution is 7.03. The zero-order chi connectivity index (χ0) is 31.4. The molecule has 1 heterocycles. The summed E-state index contributed by atoms with van der Waals surface area (Å²) in [5.41, 5.74) is 9.95. The largest absolute Gasteiger partial charge is 0.307 e. The quantitative estimate of drug-likeness (QED) is 0.175. The van der Waals surface area contributed by atoms with Gasteiger partial charge in [0.1, 0.15) is 13.9 Å². The van der Waals surface area contributed by atoms with Crippen LogP contribution in [0.3, 0.4) is 0 Å². The topological polar surface area (TPSA) is 3.24 Å². The summed E-state index contributed by atoms with van der Waals surface area (Å²) >= 11 is 0. The zero-order valence-electron chi connectivity index (χ0n) is 26.3. The van der Waals surface area contributed by atoms with Crippen molar-refractivity contribution in [2.24, 2.45) is 0 Å². The van der Waals surface area contributed by atoms with E-state index < -0.39 is 8.07 Å². The monoisotopic (exact) mass is 611 g/mol. The normalized spacial score (nSPS) is 13.0. The van der Waals surface area contributed by atoms with E-state index in [1.807, 2.05) is 66.7 Å². The fourth-order valence-electron chi connectivity index (χ4n) is 7.31. The van der Waals surface area contributed by atoms with Crippen LogP contribution in [0.5, 0.6) is 0 Å². The van der Waals surface area contributed by atoms with E-state index in [0.717, 1.165) is 39.0 Å². The van der Waals surface area contributed by atoms with Crippen molar-refractivity contribution in [1.29, 1.82) is 0 Å². The molecule has 1 aliphatic rings. The van der Waals surface area contributed by atoms with E-state index in [1.165, 1.54) is 32.5 Å². The standard InChI is InChI=1S/C43H34FNSi/c1-29-22-23-34-35-24-25-39(36-20-13-21-40(42(35)36)46(2,3)41(34)26-29)45(33-18-11-6-12-19-33)43-37(31-16-9-5-10-17-31)27-32(28-38(43)44)30-14-7-4-8-15-30/h4-28H,1-3H3. The van der Waals surface area contributed by atoms with Crippen molar-refractivity contribution in [1.82, 2.24) is 0 Å². The summed E-state index contributed by atoms with van der Waals surface area (Å²) in [7, 11) is -2.02. The van der Waals surface area contributed by atoms with Crippen LogP contribution >= 0.6 is 0 Å². The molecule has 0 N–H and O–H groups in total. The first-order chi connectivity index (χ1) is 22.4. The Morgan fingerprint density at radius 1 is 0.522 bits per heavy atom. The van der Waals surface area contributed by atoms with Gasteiger partial charge in [0.05, 0.1) is 11.4 Å². The SMILES string of the molecule is Cc1ccc2c(c1)[Si](C)(C)c1cccc3c(N(c4ccccc4)c4c(F)cc(-c5ccccc5)cc4-c4ccccc4)ccc-2c13. The fourth-order valence-corrected chi connectivity index (χ4v) is 10.5. The summed E-state index contributed by atoms with van der Waals surface area (Å²) in [6, 6.07) is 52.4. The Balaban J connectivity index is 1.45. The van der Waals surface area contributed by atoms with E-state index in [-0.39, 0.29) is 5.82 Å². The van der Waals surface area contributed by atoms with Crippen molar-refractivity contribution in [3.05, 3.63) is 163 Å². The van der Waals surface area contributed by atoms with E-state index in [9.17, 15) is 0 Å². The third kappa shape index (κ3) is 4.50. The first-order valence-electron chi connectivity index (χ1n) is 15.9. The van der Waals surface area contributed by atoms with Gasteiger partial charge in [-0.2, -0.15) is 0 Å². The molecule has 0 saturated heterocycles. The minimum Gasteiger partial charge on any atom is -0.307 e. The summed E-state index contributed by atoms with van der Waals surface area (Å²) < 4.78 is 17.1. The molecule has 0 spiro atoms. The molecule has 222 valence electrons. The molecule has 0 atom stereocenters. The average Bonchev–Trinajstić information content (AvgIpc) is 3.09. The summed E-state index contributed by atoms with van der Waals surface area (Å²) in [6.07, 6.45) is 0. The molecule has 0 amide bonds. The molecule has 0 aliphatic carbocycles. The van der Waals surface area contributed by atoms with Gasteiger partial charge in [0.25, 0.3) is 0 Å². The molecule has 0 bridgehead atoms. The molecule has 3 heteroatoms. The van der Waals surface area contributed by atoms with Gasteiger partial charge in [-0.1, -0.05) is 140 Å². The summed E-state index contributed by atoms with van der Waals surface area (Å²) in [6.45, 7) is 7.10. The third-order valence-electron chi connectivity index (χ3n) is 9.56. The van der Waals surface area contributed by atoms with Gasteiger partial charge >= 0.3 is 0 Å². The van der Waals surface area contributed by atoms with E-state index in [4.69, 9.17) is 0 Å². The number of anilines is 3. The van der Waals surface area contributed by atoms with Crippen LogP contribution < -0.4 is 15.3 Å². The maximum Gasteiger partial charge on any atom is 0.148 e. The molecule has 7 aromatic rings. The van der Waals surface area contributed by atoms with E-state index >= 15 is 4.39 Å². The highest BCUT2D eigenvalue weighted by atomic mass is 28.3. The van der Waals surface area contributed by atoms with Gasteiger partial charge in [-0.05, 0) is 80.8 Å². The number of fused-ring (bicyclic) bond motifs is 2. The number of benzene rings is 7. The van der Waals surface area contributed by atoms with Gasteiger partial charge in [-0.25, -0.2) is 4.39 Å². The maximum atomic E-state index is 17.1. The second kappa shape index (κ2) is 11.0. The highest BCUT2D eigenvalue weighted by Gasteiger charge is 2.36. The number of aryl methyl sites for hydroxylation is 1. The number of para-hydroxylation sites is 1. The summed E-state index contributed by atoms with van der Waals surface area (Å²) in [5.74, 6) is -0.264. The molecular weight excluding hydrogens is 578 g/mol. The number of hydrogen-bond acceptors (Lipinski definition) is 1. The maximum absolute atomic E-state index is 17.1. The van der Waals surface area contributed by atoms with Gasteiger partial charge < -0.3 is 4.90 Å². The molecular formula is C43H34FNSi. The smallest absolute Gasteiger partial charge is 0.148 e. The minimum atomic E-state index is -2.02. The van der Waals surface area contributed by atoms with Gasteiger partial charge in [0, 0.05) is 16.6 Å². The second-order valence-electron chi connectivity index (χ2n) is 12.8. The van der Waals surface area contributed by atoms with E-state index in [2.05, 4.69) is 104 Å². The van der Waals surface area contributed by atoms with Crippen LogP contribution in [0, 0.1) is 12.7 Å². The Kier molecular flexibility index (Phi) is 6.74. The Hall–Kier alpha value is -5.25. The Morgan fingerprint density at radius 3 is 1.89 bits per heavy atom. The van der Waals surface area contributed by atoms with Crippen LogP contribution in [0.4, 0.5) is 21.5 Å². The van der Waals surface area contributed by atoms with Gasteiger partial charge in [0.2, 0.25) is 0 Å². The molecule has 0 aromatic heterocycles. The molecule has 0 unspecified atom stereocenters. The molecule has 0 fully saturated rings. The third-order valence-corrected chi connectivity index (χ3v) is 13.1. The van der Waals surface area contributed by atoms with Gasteiger partial charge in [-0.15, -0.1) is 0 Å². The predicted molar refractivity (Wildman–Crippen MR) is 196 cm³/mol. The lowest BCUT2D eigenvalue weighted by atomic mass is 9.93. The van der Waals surface area contributed by atoms with Crippen LogP contribution in [0.15, 0.2) is 152 Å². The lowest BCUT2D eigenvalue weighted by molar-refractivity contribution is 0.630. The Bertz CT molecular complexity index is 2240. The van der Waals surface area contributed by atoms with Crippen LogP contribution in [-0.2, 0) is 0 Å². The molecule has 0 saturated carbocycles. The van der Waals surface area contributed by atoms with Crippen molar-refractivity contribution in [2.45, 2.75) is 20.0 Å².